The average molecular weight is 688 g/mol. The summed E-state index contributed by atoms with van der Waals surface area (Å²) in [6.45, 7) is 18.3. The zero-order valence-electron chi connectivity index (χ0n) is 31.5. The first-order chi connectivity index (χ1) is 23.8. The highest BCUT2D eigenvalue weighted by Gasteiger charge is 2.54. The summed E-state index contributed by atoms with van der Waals surface area (Å²) in [5.41, 5.74) is 8.47. The highest BCUT2D eigenvalue weighted by atomic mass is 16.5. The Balaban J connectivity index is 1.44. The topological polar surface area (TPSA) is 111 Å². The maximum Gasteiger partial charge on any atom is 0.326 e. The number of likely N-dealkylation sites (N-methyl/N-ethyl adjacent to an activating group) is 1. The number of piperidine rings is 1. The maximum atomic E-state index is 14.8. The lowest BCUT2D eigenvalue weighted by atomic mass is 9.85. The number of hydrazine groups is 2. The SMILES string of the molecule is CC(C)CCCOc1cccc(C2=N[N+]3(CCC(C(C)C)CC3)N(C(CCC(C)(C)C)c3ccc(C(=O)NCC4=NNNN4C)cc3)C2=O)c1. The van der Waals surface area contributed by atoms with Gasteiger partial charge in [-0.2, -0.15) is 0 Å². The van der Waals surface area contributed by atoms with Gasteiger partial charge in [0.25, 0.3) is 5.91 Å². The summed E-state index contributed by atoms with van der Waals surface area (Å²) in [7, 11) is 1.83. The van der Waals surface area contributed by atoms with Crippen molar-refractivity contribution in [3.05, 3.63) is 65.2 Å². The number of hydrazone groups is 1. The minimum atomic E-state index is -0.218. The van der Waals surface area contributed by atoms with Gasteiger partial charge in [-0.15, -0.1) is 15.6 Å². The number of hydrogen-bond acceptors (Lipinski definition) is 8. The van der Waals surface area contributed by atoms with Crippen LogP contribution in [0.5, 0.6) is 5.75 Å². The molecular formula is C39H59N8O3+. The Hall–Kier alpha value is -3.96. The molecule has 0 radical (unpaired) electrons. The molecule has 0 aromatic heterocycles. The number of rotatable bonds is 14. The van der Waals surface area contributed by atoms with E-state index >= 15 is 0 Å². The zero-order chi connectivity index (χ0) is 36.1. The fraction of sp³-hybridized carbons (Fsp3) is 0.590. The normalized spacial score (nSPS) is 21.5. The Kier molecular flexibility index (Phi) is 11.9. The lowest BCUT2D eigenvalue weighted by Gasteiger charge is -2.44. The molecule has 1 spiro atoms. The number of ether oxygens (including phenoxy) is 1. The van der Waals surface area contributed by atoms with E-state index in [2.05, 4.69) is 75.0 Å². The molecule has 11 nitrogen and oxygen atoms in total. The summed E-state index contributed by atoms with van der Waals surface area (Å²) in [5, 5.41) is 16.2. The molecule has 2 aromatic rings. The Morgan fingerprint density at radius 3 is 2.40 bits per heavy atom. The summed E-state index contributed by atoms with van der Waals surface area (Å²) in [5.74, 6) is 3.04. The van der Waals surface area contributed by atoms with Gasteiger partial charge in [0.05, 0.1) is 13.2 Å². The van der Waals surface area contributed by atoms with Gasteiger partial charge in [0.1, 0.15) is 24.9 Å². The van der Waals surface area contributed by atoms with E-state index in [1.165, 1.54) is 0 Å². The monoisotopic (exact) mass is 687 g/mol. The van der Waals surface area contributed by atoms with E-state index in [4.69, 9.17) is 9.84 Å². The molecule has 5 rings (SSSR count). The molecule has 50 heavy (non-hydrogen) atoms. The number of hydrogen-bond donors (Lipinski definition) is 3. The van der Waals surface area contributed by atoms with Crippen molar-refractivity contribution in [2.75, 3.05) is 33.3 Å². The fourth-order valence-electron chi connectivity index (χ4n) is 7.12. The van der Waals surface area contributed by atoms with Crippen molar-refractivity contribution in [1.82, 2.24) is 26.4 Å². The van der Waals surface area contributed by atoms with Crippen molar-refractivity contribution < 1.29 is 19.0 Å². The summed E-state index contributed by atoms with van der Waals surface area (Å²) in [6, 6.07) is 15.4. The summed E-state index contributed by atoms with van der Waals surface area (Å²) < 4.78 is 6.42. The predicted octanol–water partition coefficient (Wildman–Crippen LogP) is 6.41. The second kappa shape index (κ2) is 15.9. The Bertz CT molecular complexity index is 1540. The van der Waals surface area contributed by atoms with E-state index in [1.54, 1.807) is 5.01 Å². The molecular weight excluding hydrogens is 628 g/mol. The number of amidine groups is 1. The third-order valence-electron chi connectivity index (χ3n) is 10.3. The lowest BCUT2D eigenvalue weighted by Crippen LogP contribution is -2.60. The summed E-state index contributed by atoms with van der Waals surface area (Å²) in [4.78, 5) is 27.9. The van der Waals surface area contributed by atoms with Crippen LogP contribution < -0.4 is 21.1 Å². The first kappa shape index (κ1) is 37.3. The molecule has 1 atom stereocenters. The van der Waals surface area contributed by atoms with Crippen LogP contribution in [0.25, 0.3) is 0 Å². The van der Waals surface area contributed by atoms with Gasteiger partial charge in [-0.3, -0.25) is 14.6 Å². The molecule has 0 saturated carbocycles. The number of nitrogens with zero attached hydrogens (tertiary/aromatic N) is 5. The Morgan fingerprint density at radius 1 is 1.06 bits per heavy atom. The third kappa shape index (κ3) is 9.03. The summed E-state index contributed by atoms with van der Waals surface area (Å²) >= 11 is 0. The number of carbonyl (C=O) groups is 2. The molecule has 0 aliphatic carbocycles. The van der Waals surface area contributed by atoms with Gasteiger partial charge in [0.15, 0.2) is 11.5 Å². The molecule has 3 heterocycles. The van der Waals surface area contributed by atoms with E-state index in [0.717, 1.165) is 68.5 Å². The molecule has 3 N–H and O–H groups in total. The van der Waals surface area contributed by atoms with Crippen molar-refractivity contribution in [3.63, 3.8) is 0 Å². The Labute approximate surface area is 299 Å². The molecule has 3 aliphatic heterocycles. The minimum absolute atomic E-state index is 0.0469. The predicted molar refractivity (Wildman–Crippen MR) is 199 cm³/mol. The minimum Gasteiger partial charge on any atom is -0.494 e. The van der Waals surface area contributed by atoms with Gasteiger partial charge in [-0.05, 0) is 83.8 Å². The van der Waals surface area contributed by atoms with Crippen LogP contribution in [-0.4, -0.2) is 71.4 Å². The van der Waals surface area contributed by atoms with Crippen molar-refractivity contribution in [2.24, 2.45) is 33.4 Å². The maximum absolute atomic E-state index is 14.8. The van der Waals surface area contributed by atoms with Crippen LogP contribution in [0.2, 0.25) is 0 Å². The fourth-order valence-corrected chi connectivity index (χ4v) is 7.12. The van der Waals surface area contributed by atoms with Crippen molar-refractivity contribution in [1.29, 1.82) is 0 Å². The van der Waals surface area contributed by atoms with E-state index < -0.39 is 0 Å². The highest BCUT2D eigenvalue weighted by Crippen LogP contribution is 2.42. The first-order valence-electron chi connectivity index (χ1n) is 18.5. The molecule has 2 amide bonds. The largest absolute Gasteiger partial charge is 0.494 e. The van der Waals surface area contributed by atoms with Crippen LogP contribution in [0.15, 0.2) is 58.7 Å². The number of nitrogens with one attached hydrogen (secondary N) is 3. The van der Waals surface area contributed by atoms with Crippen LogP contribution >= 0.6 is 0 Å². The number of carbonyl (C=O) groups excluding carboxylic acids is 2. The quantitative estimate of drug-likeness (QED) is 0.156. The molecule has 2 aromatic carbocycles. The second-order valence-electron chi connectivity index (χ2n) is 16.1. The highest BCUT2D eigenvalue weighted by molar-refractivity contribution is 6.45. The van der Waals surface area contributed by atoms with Crippen LogP contribution in [0.1, 0.15) is 115 Å². The van der Waals surface area contributed by atoms with Gasteiger partial charge in [-0.1, -0.05) is 77.4 Å². The molecule has 1 saturated heterocycles. The lowest BCUT2D eigenvalue weighted by molar-refractivity contribution is -1.03. The first-order valence-corrected chi connectivity index (χ1v) is 18.5. The summed E-state index contributed by atoms with van der Waals surface area (Å²) in [6.07, 6.45) is 5.82. The molecule has 3 aliphatic rings. The van der Waals surface area contributed by atoms with Gasteiger partial charge in [0, 0.05) is 31.0 Å². The molecule has 11 heteroatoms. The van der Waals surface area contributed by atoms with Crippen molar-refractivity contribution >= 4 is 23.4 Å². The Morgan fingerprint density at radius 2 is 1.78 bits per heavy atom. The average Bonchev–Trinajstić information content (AvgIpc) is 3.61. The van der Waals surface area contributed by atoms with Crippen LogP contribution in [-0.2, 0) is 4.79 Å². The molecule has 0 bridgehead atoms. The number of amides is 2. The second-order valence-corrected chi connectivity index (χ2v) is 16.1. The smallest absolute Gasteiger partial charge is 0.326 e. The molecule has 1 unspecified atom stereocenters. The van der Waals surface area contributed by atoms with E-state index in [-0.39, 0.29) is 34.5 Å². The van der Waals surface area contributed by atoms with Gasteiger partial charge < -0.3 is 10.1 Å². The molecule has 272 valence electrons. The zero-order valence-corrected chi connectivity index (χ0v) is 31.5. The molecule has 1 fully saturated rings. The number of quaternary nitrogens is 1. The van der Waals surface area contributed by atoms with E-state index in [9.17, 15) is 9.59 Å². The van der Waals surface area contributed by atoms with Crippen LogP contribution in [0, 0.1) is 23.2 Å². The van der Waals surface area contributed by atoms with E-state index in [0.29, 0.717) is 41.5 Å². The van der Waals surface area contributed by atoms with Crippen molar-refractivity contribution in [3.8, 4) is 5.75 Å². The van der Waals surface area contributed by atoms with Gasteiger partial charge >= 0.3 is 5.91 Å². The third-order valence-corrected chi connectivity index (χ3v) is 10.3. The van der Waals surface area contributed by atoms with Crippen LogP contribution in [0.3, 0.4) is 0 Å². The van der Waals surface area contributed by atoms with E-state index in [1.807, 2.05) is 55.6 Å². The van der Waals surface area contributed by atoms with Gasteiger partial charge in [0.2, 0.25) is 0 Å². The van der Waals surface area contributed by atoms with Crippen LogP contribution in [0.4, 0.5) is 0 Å². The number of benzene rings is 2. The van der Waals surface area contributed by atoms with Gasteiger partial charge in [-0.25, -0.2) is 5.53 Å². The van der Waals surface area contributed by atoms with Crippen molar-refractivity contribution in [2.45, 2.75) is 93.0 Å². The standard InChI is InChI=1S/C39H58N8O3/c1-27(2)11-10-24-50-33-13-9-12-32(25-33)36-38(49)46(47(42-36)22-19-29(20-23-47)28(3)4)34(18-21-39(5,6)7)30-14-16-31(17-15-30)37(48)40-26-35-41-43-44-45(35)8/h9,12-17,25,27-29,34H,10-11,18-24,26H2,1-8H3,(H2-,40,42,43,44,48,49)/p+1.